The van der Waals surface area contributed by atoms with Crippen LogP contribution in [0.5, 0.6) is 5.75 Å². The number of hydrogen-bond donors (Lipinski definition) is 1. The highest BCUT2D eigenvalue weighted by Crippen LogP contribution is 2.27. The fourth-order valence-electron chi connectivity index (χ4n) is 4.02. The molecule has 0 radical (unpaired) electrons. The molecule has 8 heteroatoms. The van der Waals surface area contributed by atoms with Crippen molar-refractivity contribution in [1.29, 1.82) is 0 Å². The second-order valence-corrected chi connectivity index (χ2v) is 8.85. The lowest BCUT2D eigenvalue weighted by Gasteiger charge is -2.29. The second kappa shape index (κ2) is 10.3. The maximum atomic E-state index is 14.8. The molecule has 1 aromatic heterocycles. The zero-order valence-corrected chi connectivity index (χ0v) is 19.1. The number of carbonyl (C=O) groups is 1. The van der Waals surface area contributed by atoms with Crippen LogP contribution in [0.15, 0.2) is 48.7 Å². The van der Waals surface area contributed by atoms with E-state index < -0.39 is 11.8 Å². The van der Waals surface area contributed by atoms with Crippen LogP contribution >= 0.6 is 11.6 Å². The van der Waals surface area contributed by atoms with Crippen LogP contribution < -0.4 is 4.74 Å². The van der Waals surface area contributed by atoms with Gasteiger partial charge < -0.3 is 9.84 Å². The Kier molecular flexibility index (Phi) is 7.20. The lowest BCUT2D eigenvalue weighted by molar-refractivity contribution is -0.138. The van der Waals surface area contributed by atoms with Gasteiger partial charge in [-0.15, -0.1) is 0 Å². The Hall–Kier alpha value is -3.03. The molecule has 0 saturated carbocycles. The van der Waals surface area contributed by atoms with Crippen LogP contribution in [0.25, 0.3) is 11.4 Å². The molecule has 172 valence electrons. The summed E-state index contributed by atoms with van der Waals surface area (Å²) in [6.45, 7) is 4.38. The lowest BCUT2D eigenvalue weighted by atomic mass is 10.0. The number of hydrogen-bond acceptors (Lipinski definition) is 5. The molecular formula is C25H25ClFN3O3. The van der Waals surface area contributed by atoms with Crippen LogP contribution in [0.2, 0.25) is 5.02 Å². The Bertz CT molecular complexity index is 1160. The van der Waals surface area contributed by atoms with Gasteiger partial charge in [0.2, 0.25) is 0 Å². The van der Waals surface area contributed by atoms with E-state index >= 15 is 0 Å². The van der Waals surface area contributed by atoms with E-state index in [2.05, 4.69) is 14.9 Å². The molecule has 3 aromatic rings. The molecule has 2 heterocycles. The van der Waals surface area contributed by atoms with Gasteiger partial charge in [0, 0.05) is 55.3 Å². The van der Waals surface area contributed by atoms with Crippen molar-refractivity contribution in [2.24, 2.45) is 5.92 Å². The number of benzene rings is 2. The topological polar surface area (TPSA) is 75.5 Å². The van der Waals surface area contributed by atoms with Crippen molar-refractivity contribution in [3.8, 4) is 17.1 Å². The molecule has 6 nitrogen and oxygen atoms in total. The van der Waals surface area contributed by atoms with E-state index in [0.717, 1.165) is 23.4 Å². The molecule has 1 aliphatic heterocycles. The molecule has 0 fully saturated rings. The number of rotatable bonds is 8. The molecule has 0 amide bonds. The number of aromatic nitrogens is 2. The number of aliphatic carboxylic acids is 1. The average Bonchev–Trinajstić information content (AvgIpc) is 2.77. The zero-order valence-electron chi connectivity index (χ0n) is 18.3. The van der Waals surface area contributed by atoms with Gasteiger partial charge in [0.15, 0.2) is 5.82 Å². The number of carboxylic acids is 1. The smallest absolute Gasteiger partial charge is 0.303 e. The summed E-state index contributed by atoms with van der Waals surface area (Å²) in [7, 11) is 0. The van der Waals surface area contributed by atoms with Crippen LogP contribution in [-0.4, -0.2) is 39.0 Å². The van der Waals surface area contributed by atoms with Gasteiger partial charge in [-0.3, -0.25) is 9.69 Å². The molecule has 1 atom stereocenters. The molecule has 0 spiro atoms. The molecule has 33 heavy (non-hydrogen) atoms. The van der Waals surface area contributed by atoms with Crippen molar-refractivity contribution in [2.45, 2.75) is 32.9 Å². The largest absolute Gasteiger partial charge is 0.489 e. The summed E-state index contributed by atoms with van der Waals surface area (Å²) < 4.78 is 20.5. The van der Waals surface area contributed by atoms with Gasteiger partial charge in [-0.05, 0) is 35.7 Å². The molecule has 0 aliphatic carbocycles. The Morgan fingerprint density at radius 2 is 2.15 bits per heavy atom. The van der Waals surface area contributed by atoms with E-state index in [1.165, 1.54) is 6.07 Å². The first-order valence-corrected chi connectivity index (χ1v) is 11.2. The van der Waals surface area contributed by atoms with Crippen LogP contribution in [0, 0.1) is 11.7 Å². The summed E-state index contributed by atoms with van der Waals surface area (Å²) in [6, 6.07) is 12.0. The SMILES string of the molecule is CC(CC(=O)O)CN1CCc2nc(-c3ccc(OCc4cccc(Cl)c4)cc3F)ncc2C1. The summed E-state index contributed by atoms with van der Waals surface area (Å²) in [6.07, 6.45) is 2.61. The molecular weight excluding hydrogens is 445 g/mol. The normalized spacial score (nSPS) is 14.5. The average molecular weight is 470 g/mol. The van der Waals surface area contributed by atoms with E-state index in [9.17, 15) is 9.18 Å². The predicted octanol–water partition coefficient (Wildman–Crippen LogP) is 4.98. The van der Waals surface area contributed by atoms with Gasteiger partial charge >= 0.3 is 5.97 Å². The summed E-state index contributed by atoms with van der Waals surface area (Å²) in [5.74, 6) is -0.395. The maximum absolute atomic E-state index is 14.8. The highest BCUT2D eigenvalue weighted by Gasteiger charge is 2.21. The first-order chi connectivity index (χ1) is 15.9. The third kappa shape index (κ3) is 6.06. The molecule has 2 aromatic carbocycles. The molecule has 1 aliphatic rings. The second-order valence-electron chi connectivity index (χ2n) is 8.41. The Labute approximate surface area is 197 Å². The highest BCUT2D eigenvalue weighted by molar-refractivity contribution is 6.30. The van der Waals surface area contributed by atoms with E-state index in [1.54, 1.807) is 30.5 Å². The summed E-state index contributed by atoms with van der Waals surface area (Å²) in [5, 5.41) is 9.58. The Morgan fingerprint density at radius 1 is 1.30 bits per heavy atom. The van der Waals surface area contributed by atoms with Crippen molar-refractivity contribution in [3.05, 3.63) is 76.3 Å². The molecule has 1 unspecified atom stereocenters. The molecule has 4 rings (SSSR count). The Morgan fingerprint density at radius 3 is 2.91 bits per heavy atom. The van der Waals surface area contributed by atoms with Crippen LogP contribution in [-0.2, 0) is 24.4 Å². The van der Waals surface area contributed by atoms with Gasteiger partial charge in [-0.1, -0.05) is 30.7 Å². The van der Waals surface area contributed by atoms with Crippen molar-refractivity contribution in [2.75, 3.05) is 13.1 Å². The minimum Gasteiger partial charge on any atom is -0.489 e. The van der Waals surface area contributed by atoms with E-state index in [0.29, 0.717) is 41.7 Å². The number of ether oxygens (including phenoxy) is 1. The van der Waals surface area contributed by atoms with Crippen molar-refractivity contribution in [3.63, 3.8) is 0 Å². The number of fused-ring (bicyclic) bond motifs is 1. The van der Waals surface area contributed by atoms with Gasteiger partial charge in [0.05, 0.1) is 11.3 Å². The van der Waals surface area contributed by atoms with Crippen molar-refractivity contribution < 1.29 is 19.0 Å². The first-order valence-electron chi connectivity index (χ1n) is 10.8. The zero-order chi connectivity index (χ0) is 23.4. The van der Waals surface area contributed by atoms with Crippen LogP contribution in [0.4, 0.5) is 4.39 Å². The maximum Gasteiger partial charge on any atom is 0.303 e. The lowest BCUT2D eigenvalue weighted by Crippen LogP contribution is -2.35. The van der Waals surface area contributed by atoms with Gasteiger partial charge in [0.25, 0.3) is 0 Å². The standard InChI is InChI=1S/C25H25ClFN3O3/c1-16(9-24(31)32)13-30-8-7-23-18(14-30)12-28-25(29-23)21-6-5-20(11-22(21)27)33-15-17-3-2-4-19(26)10-17/h2-6,10-12,16H,7-9,13-15H2,1H3,(H,31,32). The summed E-state index contributed by atoms with van der Waals surface area (Å²) in [4.78, 5) is 22.1. The number of halogens is 2. The fourth-order valence-corrected chi connectivity index (χ4v) is 4.24. The molecule has 0 saturated heterocycles. The fraction of sp³-hybridized carbons (Fsp3) is 0.320. The first kappa shape index (κ1) is 23.1. The minimum atomic E-state index is -0.782. The summed E-state index contributed by atoms with van der Waals surface area (Å²) in [5.41, 5.74) is 3.12. The highest BCUT2D eigenvalue weighted by atomic mass is 35.5. The van der Waals surface area contributed by atoms with Crippen LogP contribution in [0.3, 0.4) is 0 Å². The summed E-state index contributed by atoms with van der Waals surface area (Å²) >= 11 is 5.99. The Balaban J connectivity index is 1.42. The monoisotopic (exact) mass is 469 g/mol. The van der Waals surface area contributed by atoms with E-state index in [1.807, 2.05) is 19.1 Å². The third-order valence-corrected chi connectivity index (χ3v) is 5.82. The van der Waals surface area contributed by atoms with Gasteiger partial charge in [-0.2, -0.15) is 0 Å². The van der Waals surface area contributed by atoms with Crippen molar-refractivity contribution in [1.82, 2.24) is 14.9 Å². The molecule has 1 N–H and O–H groups in total. The van der Waals surface area contributed by atoms with Gasteiger partial charge in [0.1, 0.15) is 18.2 Å². The van der Waals surface area contributed by atoms with Gasteiger partial charge in [-0.25, -0.2) is 14.4 Å². The third-order valence-electron chi connectivity index (χ3n) is 5.58. The quantitative estimate of drug-likeness (QED) is 0.501. The predicted molar refractivity (Wildman–Crippen MR) is 124 cm³/mol. The van der Waals surface area contributed by atoms with Crippen molar-refractivity contribution >= 4 is 17.6 Å². The molecule has 0 bridgehead atoms. The van der Waals surface area contributed by atoms with Crippen LogP contribution in [0.1, 0.15) is 30.2 Å². The van der Waals surface area contributed by atoms with E-state index in [-0.39, 0.29) is 18.9 Å². The minimum absolute atomic E-state index is 0.0675. The van der Waals surface area contributed by atoms with E-state index in [4.69, 9.17) is 21.4 Å². The number of carboxylic acid groups (broad SMARTS) is 1. The number of nitrogens with zero attached hydrogens (tertiary/aromatic N) is 3.